The van der Waals surface area contributed by atoms with E-state index in [0.29, 0.717) is 30.1 Å². The van der Waals surface area contributed by atoms with Gasteiger partial charge in [0.15, 0.2) is 19.7 Å². The minimum Gasteiger partial charge on any atom is -0.507 e. The maximum absolute atomic E-state index is 12.1. The lowest BCUT2D eigenvalue weighted by molar-refractivity contribution is -0.121. The number of hydrogen-bond donors (Lipinski definition) is 11. The lowest BCUT2D eigenvalue weighted by atomic mass is 10.1. The number of sulfone groups is 2. The fourth-order valence-electron chi connectivity index (χ4n) is 7.81. The van der Waals surface area contributed by atoms with Crippen LogP contribution < -0.4 is 21.3 Å². The second kappa shape index (κ2) is 34.9. The molecule has 0 spiro atoms. The Morgan fingerprint density at radius 2 is 0.692 bits per heavy atom. The van der Waals surface area contributed by atoms with E-state index < -0.39 is 72.8 Å². The molecule has 26 heteroatoms. The lowest BCUT2D eigenvalue weighted by Crippen LogP contribution is -2.18. The zero-order valence-electron chi connectivity index (χ0n) is 48.2. The quantitative estimate of drug-likeness (QED) is 0.0268. The number of nitrogens with one attached hydrogen (secondary N) is 4. The van der Waals surface area contributed by atoms with E-state index in [2.05, 4.69) is 21.3 Å². The van der Waals surface area contributed by atoms with Crippen molar-refractivity contribution in [1.29, 1.82) is 0 Å². The van der Waals surface area contributed by atoms with Crippen LogP contribution in [-0.2, 0) is 56.6 Å². The molecule has 0 saturated carbocycles. The second-order valence-electron chi connectivity index (χ2n) is 19.3. The van der Waals surface area contributed by atoms with Gasteiger partial charge in [0.1, 0.15) is 40.5 Å². The third kappa shape index (κ3) is 24.5. The predicted octanol–water partition coefficient (Wildman–Crippen LogP) is 9.38. The molecule has 0 saturated heterocycles. The zero-order valence-corrected chi connectivity index (χ0v) is 49.8. The van der Waals surface area contributed by atoms with Crippen LogP contribution in [0.2, 0.25) is 0 Å². The summed E-state index contributed by atoms with van der Waals surface area (Å²) in [6.07, 6.45) is 1.44. The van der Waals surface area contributed by atoms with Gasteiger partial charge in [0.25, 0.3) is 0 Å². The number of carbonyl (C=O) groups is 8. The molecular formula is C65H62N4O20S2. The smallest absolute Gasteiger partial charge is 0.339 e. The summed E-state index contributed by atoms with van der Waals surface area (Å²) in [5.41, 5.74) is 2.81. The van der Waals surface area contributed by atoms with E-state index in [4.69, 9.17) is 25.2 Å². The third-order valence-corrected chi connectivity index (χ3v) is 15.9. The van der Waals surface area contributed by atoms with Crippen molar-refractivity contribution in [3.8, 4) is 17.2 Å². The second-order valence-corrected chi connectivity index (χ2v) is 23.5. The summed E-state index contributed by atoms with van der Waals surface area (Å²) >= 11 is 0. The SMILES string of the molecule is O=C(CCCc1ccccc1)Nc1ccc(C(=O)O)c(O)c1.O=C(CCS(=O)(=O)c1ccccc1)Nc1ccc(C(=O)O)c(O)c1.O=C(CCS(=O)(=O)c1ccccc1)Nc1ccc(C(=O)O)cc1.O=C(COCc1ccccc1)Nc1ccc(C(=O)O)c(O)c1. The summed E-state index contributed by atoms with van der Waals surface area (Å²) in [7, 11) is -7.07. The molecule has 8 aromatic carbocycles. The molecule has 0 aliphatic rings. The summed E-state index contributed by atoms with van der Waals surface area (Å²) in [6.45, 7) is 0.174. The van der Waals surface area contributed by atoms with Crippen LogP contribution in [0.25, 0.3) is 0 Å². The van der Waals surface area contributed by atoms with Gasteiger partial charge in [-0.25, -0.2) is 36.0 Å². The fourth-order valence-corrected chi connectivity index (χ4v) is 10.3. The van der Waals surface area contributed by atoms with Gasteiger partial charge in [0.05, 0.1) is 33.5 Å². The molecule has 0 unspecified atom stereocenters. The molecule has 0 aliphatic carbocycles. The van der Waals surface area contributed by atoms with Gasteiger partial charge in [0.2, 0.25) is 23.6 Å². The highest BCUT2D eigenvalue weighted by atomic mass is 32.2. The average molecular weight is 1280 g/mol. The number of ether oxygens (including phenoxy) is 1. The van der Waals surface area contributed by atoms with Crippen LogP contribution in [0.4, 0.5) is 22.7 Å². The van der Waals surface area contributed by atoms with E-state index in [1.54, 1.807) is 36.4 Å². The highest BCUT2D eigenvalue weighted by Crippen LogP contribution is 2.25. The van der Waals surface area contributed by atoms with Gasteiger partial charge >= 0.3 is 23.9 Å². The third-order valence-electron chi connectivity index (χ3n) is 12.4. The topological polar surface area (TPSA) is 404 Å². The van der Waals surface area contributed by atoms with Crippen molar-refractivity contribution in [3.05, 3.63) is 234 Å². The number of aryl methyl sites for hydroxylation is 1. The van der Waals surface area contributed by atoms with Crippen LogP contribution in [0.15, 0.2) is 210 Å². The van der Waals surface area contributed by atoms with E-state index in [1.807, 2.05) is 60.7 Å². The number of aromatic hydroxyl groups is 3. The molecule has 0 fully saturated rings. The maximum Gasteiger partial charge on any atom is 0.339 e. The number of carboxylic acids is 4. The minimum absolute atomic E-state index is 0.106. The highest BCUT2D eigenvalue weighted by molar-refractivity contribution is 7.91. The average Bonchev–Trinajstić information content (AvgIpc) is 2.69. The maximum atomic E-state index is 12.1. The Hall–Kier alpha value is -11.2. The number of benzene rings is 8. The molecule has 91 heavy (non-hydrogen) atoms. The van der Waals surface area contributed by atoms with Gasteiger partial charge in [0, 0.05) is 60.2 Å². The van der Waals surface area contributed by atoms with Crippen LogP contribution in [0, 0.1) is 0 Å². The van der Waals surface area contributed by atoms with Gasteiger partial charge in [-0.1, -0.05) is 97.1 Å². The summed E-state index contributed by atoms with van der Waals surface area (Å²) in [5.74, 6) is -8.28. The Labute approximate surface area is 521 Å². The van der Waals surface area contributed by atoms with Crippen molar-refractivity contribution in [1.82, 2.24) is 0 Å². The van der Waals surface area contributed by atoms with Crippen molar-refractivity contribution in [3.63, 3.8) is 0 Å². The molecule has 0 aliphatic heterocycles. The number of carbonyl (C=O) groups excluding carboxylic acids is 4. The highest BCUT2D eigenvalue weighted by Gasteiger charge is 2.19. The Kier molecular flexibility index (Phi) is 27.1. The number of amides is 4. The number of aromatic carboxylic acids is 4. The normalized spacial score (nSPS) is 10.6. The number of carboxylic acid groups (broad SMARTS) is 4. The summed E-state index contributed by atoms with van der Waals surface area (Å²) < 4.78 is 53.6. The molecule has 8 aromatic rings. The molecule has 0 bridgehead atoms. The first-order chi connectivity index (χ1) is 43.3. The molecule has 8 rings (SSSR count). The molecule has 24 nitrogen and oxygen atoms in total. The van der Waals surface area contributed by atoms with Crippen LogP contribution in [0.5, 0.6) is 17.2 Å². The molecule has 0 heterocycles. The van der Waals surface area contributed by atoms with Crippen LogP contribution >= 0.6 is 0 Å². The molecule has 0 radical (unpaired) electrons. The van der Waals surface area contributed by atoms with Crippen LogP contribution in [-0.4, -0.2) is 118 Å². The van der Waals surface area contributed by atoms with Crippen molar-refractivity contribution in [2.45, 2.75) is 48.5 Å². The van der Waals surface area contributed by atoms with E-state index in [1.165, 1.54) is 96.6 Å². The van der Waals surface area contributed by atoms with Crippen LogP contribution in [0.1, 0.15) is 78.2 Å². The zero-order chi connectivity index (χ0) is 66.5. The predicted molar refractivity (Wildman–Crippen MR) is 335 cm³/mol. The van der Waals surface area contributed by atoms with Gasteiger partial charge in [-0.3, -0.25) is 19.2 Å². The van der Waals surface area contributed by atoms with Gasteiger partial charge in [-0.2, -0.15) is 0 Å². The van der Waals surface area contributed by atoms with Crippen molar-refractivity contribution < 1.29 is 95.7 Å². The first-order valence-corrected chi connectivity index (χ1v) is 30.5. The summed E-state index contributed by atoms with van der Waals surface area (Å²) in [4.78, 5) is 90.6. The fraction of sp³-hybridized carbons (Fsp3) is 0.138. The molecule has 474 valence electrons. The molecule has 0 atom stereocenters. The Morgan fingerprint density at radius 1 is 0.363 bits per heavy atom. The standard InChI is InChI=1S/C17H17NO4.C16H15NO6S.C16H15NO5S.C16H15NO5/c19-15-11-13(9-10-14(15)17(21)22)18-16(20)8-4-7-12-5-2-1-3-6-12;18-14-10-11(6-7-13(14)16(20)21)17-15(19)8-9-24(22,23)12-4-2-1-3-5-12;18-15(17-13-8-6-12(7-9-13)16(19)20)10-11-23(21,22)14-4-2-1-3-5-14;18-14-8-12(6-7-13(14)16(20)21)17-15(19)10-22-9-11-4-2-1-3-5-11/h1-3,5-6,9-11,19H,4,7-8H2,(H,18,20)(H,21,22);1-7,10,18H,8-9H2,(H,17,19)(H,20,21);1-9H,10-11H2,(H,17,18)(H,19,20);1-8,18H,9-10H2,(H,17,19)(H,20,21). The first-order valence-electron chi connectivity index (χ1n) is 27.2. The molecule has 11 N–H and O–H groups in total. The van der Waals surface area contributed by atoms with Crippen molar-refractivity contribution in [2.24, 2.45) is 0 Å². The Bertz CT molecular complexity index is 3930. The number of anilines is 4. The van der Waals surface area contributed by atoms with Gasteiger partial charge in [-0.15, -0.1) is 0 Å². The largest absolute Gasteiger partial charge is 0.507 e. The molecular weight excluding hydrogens is 1220 g/mol. The van der Waals surface area contributed by atoms with Crippen LogP contribution in [0.3, 0.4) is 0 Å². The van der Waals surface area contributed by atoms with E-state index in [-0.39, 0.29) is 80.3 Å². The number of phenols is 3. The van der Waals surface area contributed by atoms with Crippen molar-refractivity contribution in [2.75, 3.05) is 39.4 Å². The van der Waals surface area contributed by atoms with E-state index in [9.17, 15) is 70.5 Å². The first kappa shape index (κ1) is 70.5. The Morgan fingerprint density at radius 3 is 1.05 bits per heavy atom. The lowest BCUT2D eigenvalue weighted by Gasteiger charge is -2.08. The number of rotatable bonds is 24. The van der Waals surface area contributed by atoms with Crippen molar-refractivity contribution >= 4 is 89.9 Å². The van der Waals surface area contributed by atoms with E-state index >= 15 is 0 Å². The number of hydrogen-bond acceptors (Lipinski definition) is 16. The summed E-state index contributed by atoms with van der Waals surface area (Å²) in [6, 6.07) is 52.0. The molecule has 4 amide bonds. The minimum atomic E-state index is -3.56. The monoisotopic (exact) mass is 1280 g/mol. The summed E-state index contributed by atoms with van der Waals surface area (Å²) in [5, 5.41) is 74.0. The molecule has 0 aromatic heterocycles. The van der Waals surface area contributed by atoms with Gasteiger partial charge in [-0.05, 0) is 109 Å². The van der Waals surface area contributed by atoms with E-state index in [0.717, 1.165) is 30.5 Å². The van der Waals surface area contributed by atoms with Gasteiger partial charge < -0.3 is 61.7 Å². The Balaban J connectivity index is 0.000000221.